The van der Waals surface area contributed by atoms with E-state index >= 15 is 0 Å². The monoisotopic (exact) mass is 265 g/mol. The lowest BCUT2D eigenvalue weighted by atomic mass is 9.88. The first kappa shape index (κ1) is 14.3. The minimum Gasteiger partial charge on any atom is -0.487 e. The number of hydrogen-bond acceptors (Lipinski definition) is 4. The van der Waals surface area contributed by atoms with Crippen molar-refractivity contribution >= 4 is 0 Å². The third-order valence-corrected chi connectivity index (χ3v) is 3.60. The minimum absolute atomic E-state index is 0.0595. The molecule has 1 aliphatic rings. The standard InChI is InChI=1S/C15H23NO3/c1-14(2)8-12(16-15(3,9-17)10-18)11-6-4-5-7-13(11)19-14/h4-7,12,16-18H,8-10H2,1-3H3. The number of hydrogen-bond donors (Lipinski definition) is 3. The molecule has 4 nitrogen and oxygen atoms in total. The van der Waals surface area contributed by atoms with Gasteiger partial charge in [-0.15, -0.1) is 0 Å². The summed E-state index contributed by atoms with van der Waals surface area (Å²) in [5.74, 6) is 0.870. The molecule has 1 heterocycles. The smallest absolute Gasteiger partial charge is 0.124 e. The van der Waals surface area contributed by atoms with Crippen molar-refractivity contribution in [1.29, 1.82) is 0 Å². The molecule has 0 saturated heterocycles. The first-order valence-corrected chi connectivity index (χ1v) is 6.66. The maximum absolute atomic E-state index is 9.44. The van der Waals surface area contributed by atoms with Crippen LogP contribution in [0.4, 0.5) is 0 Å². The summed E-state index contributed by atoms with van der Waals surface area (Å²) in [5, 5.41) is 22.2. The second-order valence-corrected chi connectivity index (χ2v) is 6.18. The van der Waals surface area contributed by atoms with Gasteiger partial charge in [-0.1, -0.05) is 18.2 Å². The van der Waals surface area contributed by atoms with Crippen LogP contribution in [0.25, 0.3) is 0 Å². The van der Waals surface area contributed by atoms with Crippen molar-refractivity contribution in [2.45, 2.75) is 44.4 Å². The summed E-state index contributed by atoms with van der Waals surface area (Å²) < 4.78 is 5.97. The Morgan fingerprint density at radius 2 is 1.95 bits per heavy atom. The summed E-state index contributed by atoms with van der Waals surface area (Å²) >= 11 is 0. The molecule has 106 valence electrons. The SMILES string of the molecule is CC(CO)(CO)NC1CC(C)(C)Oc2ccccc21. The zero-order valence-electron chi connectivity index (χ0n) is 11.8. The summed E-state index contributed by atoms with van der Waals surface area (Å²) in [7, 11) is 0. The third kappa shape index (κ3) is 3.08. The van der Waals surface area contributed by atoms with Gasteiger partial charge in [0.15, 0.2) is 0 Å². The molecule has 3 N–H and O–H groups in total. The Bertz CT molecular complexity index is 441. The van der Waals surface area contributed by atoms with Gasteiger partial charge < -0.3 is 20.3 Å². The quantitative estimate of drug-likeness (QED) is 0.774. The van der Waals surface area contributed by atoms with Crippen LogP contribution in [0.1, 0.15) is 38.8 Å². The third-order valence-electron chi connectivity index (χ3n) is 3.60. The van der Waals surface area contributed by atoms with E-state index in [0.29, 0.717) is 0 Å². The van der Waals surface area contributed by atoms with Gasteiger partial charge in [0, 0.05) is 18.0 Å². The molecule has 2 rings (SSSR count). The van der Waals surface area contributed by atoms with Gasteiger partial charge in [0.1, 0.15) is 11.4 Å². The van der Waals surface area contributed by atoms with Crippen LogP contribution in [0.5, 0.6) is 5.75 Å². The molecule has 0 amide bonds. The molecule has 0 spiro atoms. The van der Waals surface area contributed by atoms with Crippen LogP contribution in [-0.4, -0.2) is 34.6 Å². The van der Waals surface area contributed by atoms with Gasteiger partial charge in [-0.05, 0) is 26.8 Å². The molecule has 0 aliphatic carbocycles. The average Bonchev–Trinajstić information content (AvgIpc) is 2.37. The molecule has 0 bridgehead atoms. The van der Waals surface area contributed by atoms with Crippen molar-refractivity contribution in [1.82, 2.24) is 5.32 Å². The minimum atomic E-state index is -0.689. The Balaban J connectivity index is 2.30. The topological polar surface area (TPSA) is 61.7 Å². The number of aliphatic hydroxyl groups is 2. The molecule has 0 saturated carbocycles. The van der Waals surface area contributed by atoms with Gasteiger partial charge in [-0.3, -0.25) is 0 Å². The maximum atomic E-state index is 9.44. The van der Waals surface area contributed by atoms with E-state index < -0.39 is 5.54 Å². The molecular weight excluding hydrogens is 242 g/mol. The van der Waals surface area contributed by atoms with E-state index in [0.717, 1.165) is 17.7 Å². The van der Waals surface area contributed by atoms with Crippen LogP contribution in [0, 0.1) is 0 Å². The highest BCUT2D eigenvalue weighted by atomic mass is 16.5. The normalized spacial score (nSPS) is 21.6. The molecule has 4 heteroatoms. The van der Waals surface area contributed by atoms with Gasteiger partial charge in [0.05, 0.1) is 18.8 Å². The van der Waals surface area contributed by atoms with E-state index in [4.69, 9.17) is 4.74 Å². The van der Waals surface area contributed by atoms with E-state index in [1.807, 2.05) is 45.0 Å². The highest BCUT2D eigenvalue weighted by molar-refractivity contribution is 5.38. The fourth-order valence-corrected chi connectivity index (χ4v) is 2.49. The molecule has 1 aliphatic heterocycles. The van der Waals surface area contributed by atoms with Crippen molar-refractivity contribution < 1.29 is 14.9 Å². The molecule has 0 fully saturated rings. The number of benzene rings is 1. The van der Waals surface area contributed by atoms with Crippen molar-refractivity contribution in [2.24, 2.45) is 0 Å². The second kappa shape index (κ2) is 5.12. The fourth-order valence-electron chi connectivity index (χ4n) is 2.49. The van der Waals surface area contributed by atoms with Crippen LogP contribution in [0.15, 0.2) is 24.3 Å². The molecule has 0 aromatic heterocycles. The van der Waals surface area contributed by atoms with Gasteiger partial charge in [0.25, 0.3) is 0 Å². The molecule has 1 atom stereocenters. The number of rotatable bonds is 4. The summed E-state index contributed by atoms with van der Waals surface area (Å²) in [6.07, 6.45) is 0.791. The van der Waals surface area contributed by atoms with E-state index in [-0.39, 0.29) is 24.9 Å². The summed E-state index contributed by atoms with van der Waals surface area (Å²) in [6.45, 7) is 5.70. The zero-order chi connectivity index (χ0) is 14.1. The number of nitrogens with one attached hydrogen (secondary N) is 1. The zero-order valence-corrected chi connectivity index (χ0v) is 11.8. The van der Waals surface area contributed by atoms with Gasteiger partial charge >= 0.3 is 0 Å². The lowest BCUT2D eigenvalue weighted by Gasteiger charge is -2.41. The Morgan fingerprint density at radius 3 is 2.58 bits per heavy atom. The van der Waals surface area contributed by atoms with Crippen LogP contribution < -0.4 is 10.1 Å². The molecular formula is C15H23NO3. The van der Waals surface area contributed by atoms with Crippen LogP contribution >= 0.6 is 0 Å². The number of aliphatic hydroxyl groups excluding tert-OH is 2. The van der Waals surface area contributed by atoms with Crippen LogP contribution in [-0.2, 0) is 0 Å². The van der Waals surface area contributed by atoms with Crippen molar-refractivity contribution in [3.8, 4) is 5.75 Å². The second-order valence-electron chi connectivity index (χ2n) is 6.18. The van der Waals surface area contributed by atoms with Crippen LogP contribution in [0.3, 0.4) is 0 Å². The average molecular weight is 265 g/mol. The Morgan fingerprint density at radius 1 is 1.32 bits per heavy atom. The number of ether oxygens (including phenoxy) is 1. The van der Waals surface area contributed by atoms with Crippen molar-refractivity contribution in [3.05, 3.63) is 29.8 Å². The summed E-state index contributed by atoms with van der Waals surface area (Å²) in [5.41, 5.74) is 0.123. The van der Waals surface area contributed by atoms with Crippen LogP contribution in [0.2, 0.25) is 0 Å². The molecule has 19 heavy (non-hydrogen) atoms. The van der Waals surface area contributed by atoms with Crippen molar-refractivity contribution in [3.63, 3.8) is 0 Å². The molecule has 1 aromatic rings. The predicted octanol–water partition coefficient (Wildman–Crippen LogP) is 1.62. The summed E-state index contributed by atoms with van der Waals surface area (Å²) in [6, 6.07) is 7.97. The molecule has 1 unspecified atom stereocenters. The maximum Gasteiger partial charge on any atom is 0.124 e. The lowest BCUT2D eigenvalue weighted by Crippen LogP contribution is -2.53. The summed E-state index contributed by atoms with van der Waals surface area (Å²) in [4.78, 5) is 0. The lowest BCUT2D eigenvalue weighted by molar-refractivity contribution is 0.0402. The molecule has 1 aromatic carbocycles. The van der Waals surface area contributed by atoms with E-state index in [9.17, 15) is 10.2 Å². The number of fused-ring (bicyclic) bond motifs is 1. The highest BCUT2D eigenvalue weighted by Gasteiger charge is 2.36. The first-order chi connectivity index (χ1) is 8.89. The Kier molecular flexibility index (Phi) is 3.85. The first-order valence-electron chi connectivity index (χ1n) is 6.66. The van der Waals surface area contributed by atoms with E-state index in [1.54, 1.807) is 0 Å². The molecule has 0 radical (unpaired) electrons. The van der Waals surface area contributed by atoms with E-state index in [1.165, 1.54) is 0 Å². The van der Waals surface area contributed by atoms with E-state index in [2.05, 4.69) is 5.32 Å². The number of para-hydroxylation sites is 1. The Labute approximate surface area is 114 Å². The highest BCUT2D eigenvalue weighted by Crippen LogP contribution is 2.39. The van der Waals surface area contributed by atoms with Gasteiger partial charge in [0.2, 0.25) is 0 Å². The Hall–Kier alpha value is -1.10. The van der Waals surface area contributed by atoms with Gasteiger partial charge in [-0.25, -0.2) is 0 Å². The van der Waals surface area contributed by atoms with Crippen molar-refractivity contribution in [2.75, 3.05) is 13.2 Å². The van der Waals surface area contributed by atoms with Gasteiger partial charge in [-0.2, -0.15) is 0 Å². The largest absolute Gasteiger partial charge is 0.487 e. The predicted molar refractivity (Wildman–Crippen MR) is 74.2 cm³/mol. The fraction of sp³-hybridized carbons (Fsp3) is 0.600.